The van der Waals surface area contributed by atoms with Crippen LogP contribution in [0.25, 0.3) is 10.9 Å². The molecular weight excluding hydrogens is 368 g/mol. The number of carbonyl (C=O) groups is 2. The maximum Gasteiger partial charge on any atom is 0.323 e. The molecule has 0 fully saturated rings. The summed E-state index contributed by atoms with van der Waals surface area (Å²) < 4.78 is 10.5. The van der Waals surface area contributed by atoms with E-state index in [9.17, 15) is 9.59 Å². The van der Waals surface area contributed by atoms with Crippen LogP contribution in [0.2, 0.25) is 0 Å². The van der Waals surface area contributed by atoms with Crippen molar-refractivity contribution in [2.45, 2.75) is 38.3 Å². The Kier molecular flexibility index (Phi) is 7.41. The monoisotopic (exact) mass is 394 g/mol. The molecule has 0 radical (unpaired) electrons. The molecule has 0 spiro atoms. The van der Waals surface area contributed by atoms with Gasteiger partial charge in [0.2, 0.25) is 0 Å². The number of unbranched alkanes of at least 4 members (excludes halogenated alkanes) is 1. The summed E-state index contributed by atoms with van der Waals surface area (Å²) in [5.41, 5.74) is 8.96. The molecule has 29 heavy (non-hydrogen) atoms. The largest absolute Gasteiger partial charge is 0.465 e. The van der Waals surface area contributed by atoms with Crippen LogP contribution in [0.15, 0.2) is 60.8 Å². The third-order valence-electron chi connectivity index (χ3n) is 4.68. The summed E-state index contributed by atoms with van der Waals surface area (Å²) in [6.07, 6.45) is 3.77. The van der Waals surface area contributed by atoms with E-state index in [1.807, 2.05) is 60.8 Å². The zero-order chi connectivity index (χ0) is 20.5. The van der Waals surface area contributed by atoms with E-state index in [4.69, 9.17) is 15.2 Å². The van der Waals surface area contributed by atoms with Crippen LogP contribution < -0.4 is 5.73 Å². The van der Waals surface area contributed by atoms with Gasteiger partial charge in [0.15, 0.2) is 0 Å². The minimum Gasteiger partial charge on any atom is -0.465 e. The Morgan fingerprint density at radius 1 is 0.966 bits per heavy atom. The number of nitrogens with two attached hydrogens (primary N) is 1. The second kappa shape index (κ2) is 10.4. The lowest BCUT2D eigenvalue weighted by Gasteiger charge is -2.11. The quantitative estimate of drug-likeness (QED) is 0.405. The SMILES string of the molecule is NC(Cc1c[nH]c2ccccc12)C(=O)OCCCCC(=O)OCc1ccccc1. The predicted molar refractivity (Wildman–Crippen MR) is 111 cm³/mol. The number of fused-ring (bicyclic) bond motifs is 1. The first-order valence-electron chi connectivity index (χ1n) is 9.80. The van der Waals surface area contributed by atoms with Gasteiger partial charge >= 0.3 is 11.9 Å². The Labute approximate surface area is 170 Å². The summed E-state index contributed by atoms with van der Waals surface area (Å²) in [6.45, 7) is 0.518. The molecule has 1 heterocycles. The molecular formula is C23H26N2O4. The number of hydrogen-bond acceptors (Lipinski definition) is 5. The highest BCUT2D eigenvalue weighted by atomic mass is 16.5. The van der Waals surface area contributed by atoms with Crippen molar-refractivity contribution in [1.29, 1.82) is 0 Å². The van der Waals surface area contributed by atoms with Gasteiger partial charge in [0.1, 0.15) is 12.6 Å². The molecule has 6 heteroatoms. The van der Waals surface area contributed by atoms with Gasteiger partial charge in [0.05, 0.1) is 6.61 Å². The molecule has 152 valence electrons. The van der Waals surface area contributed by atoms with E-state index in [0.717, 1.165) is 22.0 Å². The van der Waals surface area contributed by atoms with Crippen LogP contribution in [-0.2, 0) is 32.1 Å². The lowest BCUT2D eigenvalue weighted by atomic mass is 10.1. The molecule has 0 saturated carbocycles. The molecule has 0 amide bonds. The second-order valence-corrected chi connectivity index (χ2v) is 6.94. The molecule has 0 aliphatic heterocycles. The summed E-state index contributed by atoms with van der Waals surface area (Å²) in [5, 5.41) is 1.06. The van der Waals surface area contributed by atoms with Crippen molar-refractivity contribution in [3.63, 3.8) is 0 Å². The van der Waals surface area contributed by atoms with E-state index in [1.54, 1.807) is 0 Å². The number of rotatable bonds is 10. The van der Waals surface area contributed by atoms with Crippen molar-refractivity contribution in [1.82, 2.24) is 4.98 Å². The van der Waals surface area contributed by atoms with E-state index in [-0.39, 0.29) is 19.2 Å². The van der Waals surface area contributed by atoms with Crippen molar-refractivity contribution < 1.29 is 19.1 Å². The fourth-order valence-electron chi connectivity index (χ4n) is 3.08. The fraction of sp³-hybridized carbons (Fsp3) is 0.304. The van der Waals surface area contributed by atoms with Gasteiger partial charge in [0, 0.05) is 29.9 Å². The van der Waals surface area contributed by atoms with Gasteiger partial charge in [-0.25, -0.2) is 0 Å². The molecule has 3 N–H and O–H groups in total. The van der Waals surface area contributed by atoms with E-state index in [0.29, 0.717) is 25.7 Å². The average molecular weight is 394 g/mol. The highest BCUT2D eigenvalue weighted by molar-refractivity contribution is 5.84. The van der Waals surface area contributed by atoms with Crippen LogP contribution in [0, 0.1) is 0 Å². The van der Waals surface area contributed by atoms with Gasteiger partial charge < -0.3 is 20.2 Å². The van der Waals surface area contributed by atoms with Gasteiger partial charge in [-0.05, 0) is 30.0 Å². The third-order valence-corrected chi connectivity index (χ3v) is 4.68. The van der Waals surface area contributed by atoms with Crippen LogP contribution in [-0.4, -0.2) is 29.6 Å². The minimum atomic E-state index is -0.718. The van der Waals surface area contributed by atoms with Crippen LogP contribution >= 0.6 is 0 Å². The lowest BCUT2D eigenvalue weighted by molar-refractivity contribution is -0.145. The van der Waals surface area contributed by atoms with E-state index < -0.39 is 12.0 Å². The molecule has 6 nitrogen and oxygen atoms in total. The average Bonchev–Trinajstić information content (AvgIpc) is 3.15. The minimum absolute atomic E-state index is 0.242. The molecule has 0 bridgehead atoms. The normalized spacial score (nSPS) is 11.9. The Morgan fingerprint density at radius 3 is 2.55 bits per heavy atom. The molecule has 1 aromatic heterocycles. The van der Waals surface area contributed by atoms with Crippen molar-refractivity contribution in [2.75, 3.05) is 6.61 Å². The molecule has 3 aromatic rings. The summed E-state index contributed by atoms with van der Waals surface area (Å²) in [6, 6.07) is 16.7. The Hall–Kier alpha value is -3.12. The molecule has 1 atom stereocenters. The number of para-hydroxylation sites is 1. The maximum absolute atomic E-state index is 12.1. The molecule has 0 saturated heterocycles. The number of aromatic amines is 1. The van der Waals surface area contributed by atoms with E-state index >= 15 is 0 Å². The van der Waals surface area contributed by atoms with Gasteiger partial charge in [0.25, 0.3) is 0 Å². The van der Waals surface area contributed by atoms with Gasteiger partial charge in [-0.15, -0.1) is 0 Å². The summed E-state index contributed by atoms with van der Waals surface area (Å²) >= 11 is 0. The summed E-state index contributed by atoms with van der Waals surface area (Å²) in [4.78, 5) is 27.0. The Bertz CT molecular complexity index is 936. The number of esters is 2. The highest BCUT2D eigenvalue weighted by Crippen LogP contribution is 2.19. The van der Waals surface area contributed by atoms with Crippen LogP contribution in [0.5, 0.6) is 0 Å². The van der Waals surface area contributed by atoms with Crippen molar-refractivity contribution >= 4 is 22.8 Å². The number of hydrogen-bond donors (Lipinski definition) is 2. The topological polar surface area (TPSA) is 94.4 Å². The number of benzene rings is 2. The van der Waals surface area contributed by atoms with Gasteiger partial charge in [-0.3, -0.25) is 9.59 Å². The summed E-state index contributed by atoms with van der Waals surface area (Å²) in [5.74, 6) is -0.682. The molecule has 2 aromatic carbocycles. The highest BCUT2D eigenvalue weighted by Gasteiger charge is 2.17. The molecule has 1 unspecified atom stereocenters. The smallest absolute Gasteiger partial charge is 0.323 e. The fourth-order valence-corrected chi connectivity index (χ4v) is 3.08. The van der Waals surface area contributed by atoms with Crippen molar-refractivity contribution in [3.8, 4) is 0 Å². The number of H-pyrrole nitrogens is 1. The van der Waals surface area contributed by atoms with Gasteiger partial charge in [-0.2, -0.15) is 0 Å². The number of ether oxygens (including phenoxy) is 2. The number of aromatic nitrogens is 1. The van der Waals surface area contributed by atoms with Crippen LogP contribution in [0.1, 0.15) is 30.4 Å². The van der Waals surface area contributed by atoms with Crippen LogP contribution in [0.3, 0.4) is 0 Å². The molecule has 3 rings (SSSR count). The second-order valence-electron chi connectivity index (χ2n) is 6.94. The standard InChI is InChI=1S/C23H26N2O4/c24-20(14-18-15-25-21-11-5-4-10-19(18)21)23(27)28-13-7-6-12-22(26)29-16-17-8-2-1-3-9-17/h1-5,8-11,15,20,25H,6-7,12-14,16,24H2. The van der Waals surface area contributed by atoms with E-state index in [2.05, 4.69) is 4.98 Å². The van der Waals surface area contributed by atoms with Crippen molar-refractivity contribution in [3.05, 3.63) is 71.9 Å². The van der Waals surface area contributed by atoms with Crippen LogP contribution in [0.4, 0.5) is 0 Å². The van der Waals surface area contributed by atoms with E-state index in [1.165, 1.54) is 0 Å². The zero-order valence-electron chi connectivity index (χ0n) is 16.3. The zero-order valence-corrected chi connectivity index (χ0v) is 16.3. The first kappa shape index (κ1) is 20.6. The predicted octanol–water partition coefficient (Wildman–Crippen LogP) is 3.49. The lowest BCUT2D eigenvalue weighted by Crippen LogP contribution is -2.34. The maximum atomic E-state index is 12.1. The first-order valence-corrected chi connectivity index (χ1v) is 9.80. The first-order chi connectivity index (χ1) is 14.1. The number of nitrogens with one attached hydrogen (secondary N) is 1. The van der Waals surface area contributed by atoms with Crippen molar-refractivity contribution in [2.24, 2.45) is 5.73 Å². The Morgan fingerprint density at radius 2 is 1.72 bits per heavy atom. The summed E-state index contributed by atoms with van der Waals surface area (Å²) in [7, 11) is 0. The third kappa shape index (κ3) is 6.19. The Balaban J connectivity index is 1.30. The van der Waals surface area contributed by atoms with Gasteiger partial charge in [-0.1, -0.05) is 48.5 Å². The molecule has 0 aliphatic rings. The molecule has 0 aliphatic carbocycles. The number of carbonyl (C=O) groups excluding carboxylic acids is 2.